The van der Waals surface area contributed by atoms with E-state index in [4.69, 9.17) is 0 Å². The number of nitrogens with zero attached hydrogens (tertiary/aromatic N) is 2. The fourth-order valence-electron chi connectivity index (χ4n) is 2.79. The molecule has 1 fully saturated rings. The summed E-state index contributed by atoms with van der Waals surface area (Å²) >= 11 is 0. The zero-order valence-corrected chi connectivity index (χ0v) is 14.2. The van der Waals surface area contributed by atoms with Crippen molar-refractivity contribution in [2.45, 2.75) is 12.8 Å². The van der Waals surface area contributed by atoms with Gasteiger partial charge in [-0.2, -0.15) is 0 Å². The lowest BCUT2D eigenvalue weighted by molar-refractivity contribution is 0.0654. The lowest BCUT2D eigenvalue weighted by Gasteiger charge is -2.27. The minimum absolute atomic E-state index is 0.000543. The molecule has 3 rings (SSSR count). The summed E-state index contributed by atoms with van der Waals surface area (Å²) in [5.74, 6) is -1.13. The van der Waals surface area contributed by atoms with Crippen molar-refractivity contribution in [1.82, 2.24) is 20.1 Å². The molecule has 0 aliphatic carbocycles. The molecule has 0 bridgehead atoms. The van der Waals surface area contributed by atoms with Gasteiger partial charge in [0.2, 0.25) is 10.0 Å². The molecule has 134 valence electrons. The molecule has 1 aromatic carbocycles. The van der Waals surface area contributed by atoms with E-state index in [0.29, 0.717) is 30.6 Å². The number of sulfonamides is 1. The summed E-state index contributed by atoms with van der Waals surface area (Å²) in [4.78, 5) is 39.2. The predicted octanol–water partition coefficient (Wildman–Crippen LogP) is -0.0776. The van der Waals surface area contributed by atoms with Gasteiger partial charge in [-0.3, -0.25) is 14.5 Å². The van der Waals surface area contributed by atoms with Crippen LogP contribution in [-0.2, 0) is 10.0 Å². The van der Waals surface area contributed by atoms with E-state index in [1.807, 2.05) is 0 Å². The van der Waals surface area contributed by atoms with Crippen LogP contribution >= 0.6 is 0 Å². The third-order valence-electron chi connectivity index (χ3n) is 4.00. The Morgan fingerprint density at radius 3 is 2.32 bits per heavy atom. The number of hydrogen-bond acceptors (Lipinski definition) is 5. The van der Waals surface area contributed by atoms with Gasteiger partial charge in [0.15, 0.2) is 0 Å². The van der Waals surface area contributed by atoms with Crippen molar-refractivity contribution in [3.05, 3.63) is 35.4 Å². The molecule has 0 saturated carbocycles. The number of fused-ring (bicyclic) bond motifs is 1. The first-order chi connectivity index (χ1) is 11.9. The number of carbonyl (C=O) groups is 3. The van der Waals surface area contributed by atoms with Crippen LogP contribution in [0.1, 0.15) is 33.6 Å². The van der Waals surface area contributed by atoms with Gasteiger partial charge in [-0.25, -0.2) is 18.2 Å². The van der Waals surface area contributed by atoms with Gasteiger partial charge in [0.05, 0.1) is 16.9 Å². The number of rotatable bonds is 6. The SMILES string of the molecule is O=C1NCCCN1NS(=O)(=O)CCCN1C(=O)c2ccccc2C1=O. The summed E-state index contributed by atoms with van der Waals surface area (Å²) in [5, 5.41) is 3.55. The number of imide groups is 1. The second-order valence-corrected chi connectivity index (χ2v) is 7.63. The molecule has 0 unspecified atom stereocenters. The van der Waals surface area contributed by atoms with Gasteiger partial charge in [-0.15, -0.1) is 4.83 Å². The van der Waals surface area contributed by atoms with Gasteiger partial charge < -0.3 is 5.32 Å². The maximum Gasteiger partial charge on any atom is 0.332 e. The van der Waals surface area contributed by atoms with E-state index < -0.39 is 27.9 Å². The highest BCUT2D eigenvalue weighted by atomic mass is 32.2. The highest BCUT2D eigenvalue weighted by molar-refractivity contribution is 7.89. The quantitative estimate of drug-likeness (QED) is 0.683. The average molecular weight is 366 g/mol. The first-order valence-corrected chi connectivity index (χ1v) is 9.55. The maximum atomic E-state index is 12.2. The van der Waals surface area contributed by atoms with E-state index in [2.05, 4.69) is 10.1 Å². The Hall–Kier alpha value is -2.46. The second-order valence-electron chi connectivity index (χ2n) is 5.81. The minimum atomic E-state index is -3.74. The number of benzene rings is 1. The number of nitrogens with one attached hydrogen (secondary N) is 2. The Bertz CT molecular complexity index is 788. The van der Waals surface area contributed by atoms with Crippen molar-refractivity contribution in [1.29, 1.82) is 0 Å². The van der Waals surface area contributed by atoms with E-state index in [9.17, 15) is 22.8 Å². The smallest absolute Gasteiger partial charge is 0.332 e. The molecule has 0 radical (unpaired) electrons. The van der Waals surface area contributed by atoms with Gasteiger partial charge in [-0.05, 0) is 25.0 Å². The van der Waals surface area contributed by atoms with Crippen molar-refractivity contribution in [2.75, 3.05) is 25.4 Å². The summed E-state index contributed by atoms with van der Waals surface area (Å²) in [7, 11) is -3.74. The third-order valence-corrected chi connectivity index (χ3v) is 5.33. The average Bonchev–Trinajstić information content (AvgIpc) is 2.82. The number of amides is 4. The molecule has 2 heterocycles. The van der Waals surface area contributed by atoms with E-state index >= 15 is 0 Å². The summed E-state index contributed by atoms with van der Waals surface area (Å²) in [5.41, 5.74) is 0.664. The van der Waals surface area contributed by atoms with Crippen LogP contribution < -0.4 is 10.1 Å². The molecule has 9 nitrogen and oxygen atoms in total. The van der Waals surface area contributed by atoms with Crippen LogP contribution in [0.4, 0.5) is 4.79 Å². The summed E-state index contributed by atoms with van der Waals surface area (Å²) in [6.45, 7) is 0.805. The van der Waals surface area contributed by atoms with Crippen LogP contribution in [0, 0.1) is 0 Å². The first kappa shape index (κ1) is 17.4. The molecule has 0 atom stereocenters. The van der Waals surface area contributed by atoms with Crippen LogP contribution in [0.15, 0.2) is 24.3 Å². The molecule has 1 aromatic rings. The highest BCUT2D eigenvalue weighted by Gasteiger charge is 2.34. The largest absolute Gasteiger partial charge is 0.337 e. The number of hydrazine groups is 1. The Kier molecular flexibility index (Phi) is 4.73. The molecule has 0 aromatic heterocycles. The van der Waals surface area contributed by atoms with Gasteiger partial charge in [0, 0.05) is 19.6 Å². The third kappa shape index (κ3) is 3.64. The Morgan fingerprint density at radius 2 is 1.72 bits per heavy atom. The van der Waals surface area contributed by atoms with Crippen molar-refractivity contribution in [3.63, 3.8) is 0 Å². The minimum Gasteiger partial charge on any atom is -0.337 e. The molecule has 25 heavy (non-hydrogen) atoms. The highest BCUT2D eigenvalue weighted by Crippen LogP contribution is 2.22. The first-order valence-electron chi connectivity index (χ1n) is 7.90. The van der Waals surface area contributed by atoms with E-state index in [0.717, 1.165) is 9.91 Å². The summed E-state index contributed by atoms with van der Waals surface area (Å²) < 4.78 is 24.2. The molecule has 0 spiro atoms. The molecule has 2 aliphatic heterocycles. The second kappa shape index (κ2) is 6.81. The van der Waals surface area contributed by atoms with Gasteiger partial charge in [-0.1, -0.05) is 12.1 Å². The van der Waals surface area contributed by atoms with Gasteiger partial charge in [0.25, 0.3) is 11.8 Å². The molecule has 4 amide bonds. The van der Waals surface area contributed by atoms with E-state index in [1.165, 1.54) is 0 Å². The summed E-state index contributed by atoms with van der Waals surface area (Å²) in [6, 6.07) is 6.00. The van der Waals surface area contributed by atoms with E-state index in [-0.39, 0.29) is 18.7 Å². The van der Waals surface area contributed by atoms with Crippen molar-refractivity contribution >= 4 is 27.9 Å². The van der Waals surface area contributed by atoms with Gasteiger partial charge in [0.1, 0.15) is 0 Å². The number of hydrogen-bond donors (Lipinski definition) is 2. The molecular formula is C15H18N4O5S. The Labute approximate surface area is 145 Å². The van der Waals surface area contributed by atoms with Crippen LogP contribution in [0.5, 0.6) is 0 Å². The van der Waals surface area contributed by atoms with Gasteiger partial charge >= 0.3 is 6.03 Å². The van der Waals surface area contributed by atoms with Crippen LogP contribution in [-0.4, -0.2) is 61.6 Å². The molecular weight excluding hydrogens is 348 g/mol. The lowest BCUT2D eigenvalue weighted by Crippen LogP contribution is -2.55. The zero-order valence-electron chi connectivity index (χ0n) is 13.4. The molecule has 2 aliphatic rings. The number of carbonyl (C=O) groups excluding carboxylic acids is 3. The fraction of sp³-hybridized carbons (Fsp3) is 0.400. The number of urea groups is 1. The zero-order chi connectivity index (χ0) is 18.0. The fourth-order valence-corrected chi connectivity index (χ4v) is 3.90. The van der Waals surface area contributed by atoms with Crippen LogP contribution in [0.2, 0.25) is 0 Å². The normalized spacial score (nSPS) is 17.7. The Balaban J connectivity index is 1.55. The lowest BCUT2D eigenvalue weighted by atomic mass is 10.1. The van der Waals surface area contributed by atoms with E-state index in [1.54, 1.807) is 24.3 Å². The van der Waals surface area contributed by atoms with Crippen LogP contribution in [0.25, 0.3) is 0 Å². The van der Waals surface area contributed by atoms with Crippen molar-refractivity contribution in [2.24, 2.45) is 0 Å². The van der Waals surface area contributed by atoms with Crippen molar-refractivity contribution in [3.8, 4) is 0 Å². The maximum absolute atomic E-state index is 12.2. The summed E-state index contributed by atoms with van der Waals surface area (Å²) in [6.07, 6.45) is 0.722. The predicted molar refractivity (Wildman–Crippen MR) is 88.1 cm³/mol. The molecule has 2 N–H and O–H groups in total. The monoisotopic (exact) mass is 366 g/mol. The Morgan fingerprint density at radius 1 is 1.08 bits per heavy atom. The van der Waals surface area contributed by atoms with Crippen molar-refractivity contribution < 1.29 is 22.8 Å². The molecule has 10 heteroatoms. The topological polar surface area (TPSA) is 116 Å². The molecule has 1 saturated heterocycles. The standard InChI is InChI=1S/C15H18N4O5S/c20-13-11-5-1-2-6-12(11)14(21)18(13)8-4-10-25(23,24)17-19-9-3-7-16-15(19)22/h1-2,5-6,17H,3-4,7-10H2,(H,16,22). The van der Waals surface area contributed by atoms with Crippen LogP contribution in [0.3, 0.4) is 0 Å².